The number of benzene rings is 1. The zero-order chi connectivity index (χ0) is 14.7. The van der Waals surface area contributed by atoms with Gasteiger partial charge in [-0.15, -0.1) is 11.8 Å². The molecule has 1 aromatic carbocycles. The van der Waals surface area contributed by atoms with Gasteiger partial charge in [0.15, 0.2) is 5.76 Å². The van der Waals surface area contributed by atoms with Gasteiger partial charge in [-0.3, -0.25) is 10.2 Å². The zero-order valence-corrected chi connectivity index (χ0v) is 12.2. The van der Waals surface area contributed by atoms with Crippen molar-refractivity contribution in [1.82, 2.24) is 5.43 Å². The van der Waals surface area contributed by atoms with Crippen LogP contribution in [0.25, 0.3) is 0 Å². The van der Waals surface area contributed by atoms with Gasteiger partial charge in [0.25, 0.3) is 0 Å². The fourth-order valence-corrected chi connectivity index (χ4v) is 2.80. The van der Waals surface area contributed by atoms with Crippen molar-refractivity contribution >= 4 is 23.4 Å². The van der Waals surface area contributed by atoms with Gasteiger partial charge in [0.05, 0.1) is 5.75 Å². The van der Waals surface area contributed by atoms with E-state index >= 15 is 0 Å². The third-order valence-electron chi connectivity index (χ3n) is 3.00. The average molecular weight is 291 g/mol. The fourth-order valence-electron chi connectivity index (χ4n) is 1.85. The first kappa shape index (κ1) is 14.5. The Morgan fingerprint density at radius 2 is 2.15 bits per heavy atom. The molecule has 0 unspecified atom stereocenters. The molecule has 0 atom stereocenters. The number of carbonyl (C=O) groups excluding carboxylic acids is 1. The van der Waals surface area contributed by atoms with E-state index in [2.05, 4.69) is 5.43 Å². The van der Waals surface area contributed by atoms with Crippen LogP contribution >= 0.6 is 11.8 Å². The summed E-state index contributed by atoms with van der Waals surface area (Å²) in [7, 11) is 0. The van der Waals surface area contributed by atoms with Crippen LogP contribution in [0.2, 0.25) is 0 Å². The predicted molar refractivity (Wildman–Crippen MR) is 80.3 cm³/mol. The molecule has 5 nitrogen and oxygen atoms in total. The number of hydrazine groups is 1. The topological polar surface area (TPSA) is 94.3 Å². The molecule has 0 aliphatic carbocycles. The maximum absolute atomic E-state index is 11.5. The van der Waals surface area contributed by atoms with Crippen LogP contribution in [-0.4, -0.2) is 5.91 Å². The fraction of sp³-hybridized carbons (Fsp3) is 0.214. The number of nitrogens with two attached hydrogens (primary N) is 2. The molecule has 1 amide bonds. The Bertz CT molecular complexity index is 637. The van der Waals surface area contributed by atoms with Crippen LogP contribution in [0.1, 0.15) is 27.4 Å². The Morgan fingerprint density at radius 3 is 2.85 bits per heavy atom. The summed E-state index contributed by atoms with van der Waals surface area (Å²) >= 11 is 1.62. The van der Waals surface area contributed by atoms with E-state index in [1.165, 1.54) is 0 Å². The number of carbonyl (C=O) groups is 1. The molecular formula is C14H17N3O2S. The van der Waals surface area contributed by atoms with Gasteiger partial charge < -0.3 is 10.2 Å². The van der Waals surface area contributed by atoms with Crippen LogP contribution in [0.15, 0.2) is 33.6 Å². The van der Waals surface area contributed by atoms with Crippen molar-refractivity contribution in [2.24, 2.45) is 5.84 Å². The summed E-state index contributed by atoms with van der Waals surface area (Å²) in [4.78, 5) is 12.6. The van der Waals surface area contributed by atoms with Crippen molar-refractivity contribution < 1.29 is 9.21 Å². The predicted octanol–water partition coefficient (Wildman–Crippen LogP) is 2.37. The van der Waals surface area contributed by atoms with E-state index in [0.29, 0.717) is 5.75 Å². The van der Waals surface area contributed by atoms with Crippen molar-refractivity contribution in [3.05, 3.63) is 46.9 Å². The van der Waals surface area contributed by atoms with Crippen LogP contribution in [0, 0.1) is 13.8 Å². The highest BCUT2D eigenvalue weighted by Gasteiger charge is 2.15. The van der Waals surface area contributed by atoms with Crippen molar-refractivity contribution in [2.45, 2.75) is 24.5 Å². The molecule has 0 saturated carbocycles. The minimum absolute atomic E-state index is 0.257. The molecule has 0 bridgehead atoms. The molecule has 106 valence electrons. The molecule has 1 heterocycles. The summed E-state index contributed by atoms with van der Waals surface area (Å²) in [6, 6.07) is 7.66. The van der Waals surface area contributed by atoms with Crippen LogP contribution in [-0.2, 0) is 5.75 Å². The van der Waals surface area contributed by atoms with Gasteiger partial charge in [0.1, 0.15) is 5.76 Å². The average Bonchev–Trinajstić information content (AvgIpc) is 2.81. The third-order valence-corrected chi connectivity index (χ3v) is 4.18. The third kappa shape index (κ3) is 2.97. The lowest BCUT2D eigenvalue weighted by Gasteiger charge is -2.06. The molecule has 1 aromatic heterocycles. The monoisotopic (exact) mass is 291 g/mol. The van der Waals surface area contributed by atoms with E-state index in [4.69, 9.17) is 16.0 Å². The zero-order valence-electron chi connectivity index (χ0n) is 11.4. The minimum atomic E-state index is -0.418. The number of amides is 1. The summed E-state index contributed by atoms with van der Waals surface area (Å²) in [6.07, 6.45) is 0. The van der Waals surface area contributed by atoms with E-state index in [-0.39, 0.29) is 5.76 Å². The van der Waals surface area contributed by atoms with Gasteiger partial charge in [-0.1, -0.05) is 6.07 Å². The molecule has 0 aliphatic rings. The summed E-state index contributed by atoms with van der Waals surface area (Å²) in [6.45, 7) is 3.80. The summed E-state index contributed by atoms with van der Waals surface area (Å²) in [5.41, 5.74) is 10.5. The SMILES string of the molecule is Cc1cc(CSc2cccc(N)c2C)oc1C(=O)NN. The lowest BCUT2D eigenvalue weighted by molar-refractivity contribution is 0.0923. The van der Waals surface area contributed by atoms with E-state index in [9.17, 15) is 4.79 Å². The van der Waals surface area contributed by atoms with Gasteiger partial charge in [-0.05, 0) is 37.6 Å². The maximum Gasteiger partial charge on any atom is 0.301 e. The maximum atomic E-state index is 11.5. The molecule has 0 spiro atoms. The second-order valence-electron chi connectivity index (χ2n) is 4.46. The smallest absolute Gasteiger partial charge is 0.301 e. The molecule has 2 aromatic rings. The van der Waals surface area contributed by atoms with Gasteiger partial charge in [0, 0.05) is 16.1 Å². The second-order valence-corrected chi connectivity index (χ2v) is 5.47. The Kier molecular flexibility index (Phi) is 4.36. The number of nitrogen functional groups attached to an aromatic ring is 2. The van der Waals surface area contributed by atoms with Crippen molar-refractivity contribution in [3.8, 4) is 0 Å². The number of aryl methyl sites for hydroxylation is 1. The number of hydrogen-bond acceptors (Lipinski definition) is 5. The Morgan fingerprint density at radius 1 is 1.40 bits per heavy atom. The van der Waals surface area contributed by atoms with Gasteiger partial charge in [-0.2, -0.15) is 0 Å². The van der Waals surface area contributed by atoms with Crippen LogP contribution in [0.5, 0.6) is 0 Å². The van der Waals surface area contributed by atoms with Crippen molar-refractivity contribution in [2.75, 3.05) is 5.73 Å². The quantitative estimate of drug-likeness (QED) is 0.264. The highest BCUT2D eigenvalue weighted by Crippen LogP contribution is 2.30. The Hall–Kier alpha value is -1.92. The Labute approximate surface area is 121 Å². The molecule has 5 N–H and O–H groups in total. The van der Waals surface area contributed by atoms with E-state index in [0.717, 1.165) is 27.5 Å². The summed E-state index contributed by atoms with van der Waals surface area (Å²) < 4.78 is 5.51. The van der Waals surface area contributed by atoms with Crippen molar-refractivity contribution in [1.29, 1.82) is 0 Å². The summed E-state index contributed by atoms with van der Waals surface area (Å²) in [5.74, 6) is 6.30. The molecule has 0 fully saturated rings. The van der Waals surface area contributed by atoms with E-state index < -0.39 is 5.91 Å². The molecule has 0 radical (unpaired) electrons. The lowest BCUT2D eigenvalue weighted by Crippen LogP contribution is -2.30. The molecule has 0 aliphatic heterocycles. The molecule has 0 saturated heterocycles. The number of anilines is 1. The van der Waals surface area contributed by atoms with Crippen LogP contribution < -0.4 is 17.0 Å². The van der Waals surface area contributed by atoms with Gasteiger partial charge in [0.2, 0.25) is 0 Å². The lowest BCUT2D eigenvalue weighted by atomic mass is 10.2. The molecule has 2 rings (SSSR count). The first-order valence-electron chi connectivity index (χ1n) is 6.11. The standard InChI is InChI=1S/C14H17N3O2S/c1-8-6-10(19-13(8)14(18)17-16)7-20-12-5-3-4-11(15)9(12)2/h3-6H,7,15-16H2,1-2H3,(H,17,18). The van der Waals surface area contributed by atoms with Gasteiger partial charge >= 0.3 is 5.91 Å². The number of hydrogen-bond donors (Lipinski definition) is 3. The highest BCUT2D eigenvalue weighted by atomic mass is 32.2. The van der Waals surface area contributed by atoms with Gasteiger partial charge in [-0.25, -0.2) is 5.84 Å². The largest absolute Gasteiger partial charge is 0.455 e. The number of rotatable bonds is 4. The number of thioether (sulfide) groups is 1. The van der Waals surface area contributed by atoms with E-state index in [1.54, 1.807) is 11.8 Å². The summed E-state index contributed by atoms with van der Waals surface area (Å²) in [5, 5.41) is 0. The molecular weight excluding hydrogens is 274 g/mol. The highest BCUT2D eigenvalue weighted by molar-refractivity contribution is 7.98. The Balaban J connectivity index is 2.12. The van der Waals surface area contributed by atoms with Crippen LogP contribution in [0.3, 0.4) is 0 Å². The molecule has 6 heteroatoms. The van der Waals surface area contributed by atoms with E-state index in [1.807, 2.05) is 38.1 Å². The second kappa shape index (κ2) is 6.02. The first-order chi connectivity index (χ1) is 9.52. The minimum Gasteiger partial charge on any atom is -0.455 e. The number of furan rings is 1. The van der Waals surface area contributed by atoms with Crippen LogP contribution in [0.4, 0.5) is 5.69 Å². The normalized spacial score (nSPS) is 10.6. The number of nitrogens with one attached hydrogen (secondary N) is 1. The van der Waals surface area contributed by atoms with Crippen molar-refractivity contribution in [3.63, 3.8) is 0 Å². The first-order valence-corrected chi connectivity index (χ1v) is 7.09. The molecule has 20 heavy (non-hydrogen) atoms.